The van der Waals surface area contributed by atoms with Gasteiger partial charge in [0.2, 0.25) is 5.91 Å². The van der Waals surface area contributed by atoms with E-state index in [0.29, 0.717) is 6.04 Å². The monoisotopic (exact) mass is 277 g/mol. The first kappa shape index (κ1) is 14.8. The van der Waals surface area contributed by atoms with Gasteiger partial charge in [0.05, 0.1) is 5.69 Å². The van der Waals surface area contributed by atoms with Crippen LogP contribution in [0.1, 0.15) is 50.8 Å². The van der Waals surface area contributed by atoms with Crippen LogP contribution in [-0.4, -0.2) is 33.7 Å². The highest BCUT2D eigenvalue weighted by atomic mass is 16.2. The average molecular weight is 277 g/mol. The second kappa shape index (κ2) is 6.20. The largest absolute Gasteiger partial charge is 0.341 e. The summed E-state index contributed by atoms with van der Waals surface area (Å²) in [6.07, 6.45) is 5.74. The smallest absolute Gasteiger partial charge is 0.267 e. The van der Waals surface area contributed by atoms with Crippen molar-refractivity contribution in [1.82, 2.24) is 14.7 Å². The van der Waals surface area contributed by atoms with Crippen LogP contribution in [0.5, 0.6) is 0 Å². The number of aromatic nitrogens is 2. The van der Waals surface area contributed by atoms with Crippen molar-refractivity contribution in [2.75, 3.05) is 7.05 Å². The van der Waals surface area contributed by atoms with Gasteiger partial charge >= 0.3 is 0 Å². The molecule has 0 aromatic carbocycles. The molecule has 1 amide bonds. The zero-order chi connectivity index (χ0) is 14.7. The Balaban J connectivity index is 2.15. The van der Waals surface area contributed by atoms with Crippen molar-refractivity contribution < 1.29 is 4.79 Å². The first-order valence-electron chi connectivity index (χ1n) is 7.34. The highest BCUT2D eigenvalue weighted by molar-refractivity contribution is 5.80. The van der Waals surface area contributed by atoms with Gasteiger partial charge in [-0.3, -0.25) is 9.59 Å². The zero-order valence-electron chi connectivity index (χ0n) is 12.5. The summed E-state index contributed by atoms with van der Waals surface area (Å²) in [5.74, 6) is -0.0305. The summed E-state index contributed by atoms with van der Waals surface area (Å²) in [6, 6.07) is 2.89. The highest BCUT2D eigenvalue weighted by Crippen LogP contribution is 2.23. The van der Waals surface area contributed by atoms with Crippen LogP contribution in [0.4, 0.5) is 0 Å². The van der Waals surface area contributed by atoms with Crippen LogP contribution >= 0.6 is 0 Å². The van der Waals surface area contributed by atoms with Crippen molar-refractivity contribution in [3.8, 4) is 0 Å². The first-order valence-corrected chi connectivity index (χ1v) is 7.34. The van der Waals surface area contributed by atoms with E-state index in [-0.39, 0.29) is 11.5 Å². The molecule has 5 heteroatoms. The second-order valence-corrected chi connectivity index (χ2v) is 5.67. The molecule has 1 saturated carbocycles. The molecule has 0 unspecified atom stereocenters. The number of nitrogens with zero attached hydrogens (tertiary/aromatic N) is 3. The minimum absolute atomic E-state index is 0.0305. The van der Waals surface area contributed by atoms with Crippen LogP contribution < -0.4 is 5.56 Å². The van der Waals surface area contributed by atoms with E-state index in [1.165, 1.54) is 30.0 Å². The molecule has 110 valence electrons. The van der Waals surface area contributed by atoms with E-state index in [4.69, 9.17) is 0 Å². The van der Waals surface area contributed by atoms with E-state index in [9.17, 15) is 9.59 Å². The molecular weight excluding hydrogens is 254 g/mol. The lowest BCUT2D eigenvalue weighted by Crippen LogP contribution is -2.43. The molecule has 0 aliphatic heterocycles. The number of likely N-dealkylation sites (N-methyl/N-ethyl adjacent to an activating group) is 1. The maximum atomic E-state index is 12.5. The van der Waals surface area contributed by atoms with Crippen LogP contribution in [0, 0.1) is 6.92 Å². The number of carbonyl (C=O) groups excluding carboxylic acids is 1. The van der Waals surface area contributed by atoms with Crippen molar-refractivity contribution in [3.05, 3.63) is 28.2 Å². The van der Waals surface area contributed by atoms with E-state index in [2.05, 4.69) is 5.10 Å². The summed E-state index contributed by atoms with van der Waals surface area (Å²) >= 11 is 0. The Morgan fingerprint density at radius 3 is 2.65 bits per heavy atom. The number of carbonyl (C=O) groups is 1. The van der Waals surface area contributed by atoms with E-state index < -0.39 is 6.04 Å². The molecule has 1 aromatic heterocycles. The SMILES string of the molecule is Cc1ccc(=O)n([C@@H](C)C(=O)N(C)C2CCCCC2)n1. The Kier molecular flexibility index (Phi) is 4.57. The third kappa shape index (κ3) is 3.08. The maximum absolute atomic E-state index is 12.5. The Morgan fingerprint density at radius 1 is 1.35 bits per heavy atom. The van der Waals surface area contributed by atoms with Crippen LogP contribution in [0.2, 0.25) is 0 Å². The predicted octanol–water partition coefficient (Wildman–Crippen LogP) is 1.90. The molecule has 1 aromatic rings. The lowest BCUT2D eigenvalue weighted by Gasteiger charge is -2.33. The maximum Gasteiger partial charge on any atom is 0.267 e. The zero-order valence-corrected chi connectivity index (χ0v) is 12.5. The summed E-state index contributed by atoms with van der Waals surface area (Å²) in [4.78, 5) is 26.2. The molecule has 1 fully saturated rings. The van der Waals surface area contributed by atoms with Gasteiger partial charge in [0.1, 0.15) is 6.04 Å². The molecule has 0 saturated heterocycles. The van der Waals surface area contributed by atoms with Gasteiger partial charge in [0, 0.05) is 19.2 Å². The molecular formula is C15H23N3O2. The predicted molar refractivity (Wildman–Crippen MR) is 77.6 cm³/mol. The van der Waals surface area contributed by atoms with E-state index in [0.717, 1.165) is 18.5 Å². The highest BCUT2D eigenvalue weighted by Gasteiger charge is 2.27. The molecule has 5 nitrogen and oxygen atoms in total. The summed E-state index contributed by atoms with van der Waals surface area (Å²) in [5.41, 5.74) is 0.512. The molecule has 20 heavy (non-hydrogen) atoms. The second-order valence-electron chi connectivity index (χ2n) is 5.67. The van der Waals surface area contributed by atoms with Gasteiger partial charge in [0.15, 0.2) is 0 Å². The molecule has 0 spiro atoms. The van der Waals surface area contributed by atoms with E-state index >= 15 is 0 Å². The Bertz CT molecular complexity index is 532. The van der Waals surface area contributed by atoms with Crippen molar-refractivity contribution in [2.45, 2.75) is 58.0 Å². The van der Waals surface area contributed by atoms with E-state index in [1.807, 2.05) is 14.0 Å². The van der Waals surface area contributed by atoms with Crippen LogP contribution in [0.25, 0.3) is 0 Å². The number of amides is 1. The van der Waals surface area contributed by atoms with Gasteiger partial charge in [-0.15, -0.1) is 0 Å². The fraction of sp³-hybridized carbons (Fsp3) is 0.667. The lowest BCUT2D eigenvalue weighted by molar-refractivity contribution is -0.136. The fourth-order valence-electron chi connectivity index (χ4n) is 2.85. The summed E-state index contributed by atoms with van der Waals surface area (Å²) < 4.78 is 1.29. The fourth-order valence-corrected chi connectivity index (χ4v) is 2.85. The number of aryl methyl sites for hydroxylation is 1. The lowest BCUT2D eigenvalue weighted by atomic mass is 9.94. The molecule has 0 radical (unpaired) electrons. The van der Waals surface area contributed by atoms with Gasteiger partial charge in [-0.05, 0) is 32.8 Å². The minimum Gasteiger partial charge on any atom is -0.341 e. The molecule has 1 aliphatic rings. The van der Waals surface area contributed by atoms with Gasteiger partial charge < -0.3 is 4.90 Å². The van der Waals surface area contributed by atoms with Crippen molar-refractivity contribution >= 4 is 5.91 Å². The Labute approximate surface area is 119 Å². The molecule has 1 aliphatic carbocycles. The molecule has 1 heterocycles. The topological polar surface area (TPSA) is 55.2 Å². The standard InChI is InChI=1S/C15H23N3O2/c1-11-9-10-14(19)18(16-11)12(2)15(20)17(3)13-7-5-4-6-8-13/h9-10,12-13H,4-8H2,1-3H3/t12-/m0/s1. The average Bonchev–Trinajstić information content (AvgIpc) is 2.48. The van der Waals surface area contributed by atoms with E-state index in [1.54, 1.807) is 17.9 Å². The third-order valence-electron chi connectivity index (χ3n) is 4.15. The molecule has 1 atom stereocenters. The van der Waals surface area contributed by atoms with Crippen molar-refractivity contribution in [1.29, 1.82) is 0 Å². The normalized spacial score (nSPS) is 17.8. The molecule has 0 bridgehead atoms. The quantitative estimate of drug-likeness (QED) is 0.848. The van der Waals surface area contributed by atoms with Crippen molar-refractivity contribution in [2.24, 2.45) is 0 Å². The van der Waals surface area contributed by atoms with Gasteiger partial charge in [0.25, 0.3) is 5.56 Å². The Hall–Kier alpha value is -1.65. The van der Waals surface area contributed by atoms with Crippen LogP contribution in [0.3, 0.4) is 0 Å². The van der Waals surface area contributed by atoms with Gasteiger partial charge in [-0.25, -0.2) is 4.68 Å². The van der Waals surface area contributed by atoms with Crippen LogP contribution in [0.15, 0.2) is 16.9 Å². The Morgan fingerprint density at radius 2 is 2.00 bits per heavy atom. The van der Waals surface area contributed by atoms with Gasteiger partial charge in [-0.2, -0.15) is 5.10 Å². The van der Waals surface area contributed by atoms with Crippen LogP contribution in [-0.2, 0) is 4.79 Å². The molecule has 2 rings (SSSR count). The third-order valence-corrected chi connectivity index (χ3v) is 4.15. The summed E-state index contributed by atoms with van der Waals surface area (Å²) in [6.45, 7) is 3.56. The molecule has 0 N–H and O–H groups in total. The number of hydrogen-bond donors (Lipinski definition) is 0. The summed E-state index contributed by atoms with van der Waals surface area (Å²) in [5, 5.41) is 4.18. The first-order chi connectivity index (χ1) is 9.50. The van der Waals surface area contributed by atoms with Crippen molar-refractivity contribution in [3.63, 3.8) is 0 Å². The van der Waals surface area contributed by atoms with Gasteiger partial charge in [-0.1, -0.05) is 19.3 Å². The number of rotatable bonds is 3. The number of hydrogen-bond acceptors (Lipinski definition) is 3. The minimum atomic E-state index is -0.547. The summed E-state index contributed by atoms with van der Waals surface area (Å²) in [7, 11) is 1.84.